The first kappa shape index (κ1) is 15.0. The second kappa shape index (κ2) is 7.38. The molecule has 4 heteroatoms. The number of halogens is 1. The molecule has 0 aliphatic heterocycles. The first-order valence-corrected chi connectivity index (χ1v) is 6.60. The highest BCUT2D eigenvalue weighted by atomic mass is 35.5. The Morgan fingerprint density at radius 2 is 2.22 bits per heavy atom. The zero-order chi connectivity index (χ0) is 13.5. The first-order chi connectivity index (χ1) is 8.60. The Morgan fingerprint density at radius 1 is 1.50 bits per heavy atom. The van der Waals surface area contributed by atoms with Crippen LogP contribution < -0.4 is 5.73 Å². The molecule has 0 fully saturated rings. The molecule has 1 aromatic carbocycles. The molecule has 0 heterocycles. The molecule has 3 nitrogen and oxygen atoms in total. The minimum atomic E-state index is -0.0119. The molecule has 2 atom stereocenters. The average molecular weight is 266 g/mol. The smallest absolute Gasteiger partial charge is 0.0635 e. The molecule has 0 amide bonds. The summed E-state index contributed by atoms with van der Waals surface area (Å²) < 4.78 is 0. The van der Waals surface area contributed by atoms with Crippen LogP contribution in [0.1, 0.15) is 31.9 Å². The van der Waals surface area contributed by atoms with Gasteiger partial charge in [-0.25, -0.2) is 0 Å². The Hall–Kier alpha value is -1.08. The van der Waals surface area contributed by atoms with Crippen molar-refractivity contribution in [1.29, 1.82) is 5.26 Å². The molecule has 98 valence electrons. The summed E-state index contributed by atoms with van der Waals surface area (Å²) in [6.45, 7) is 5.66. The third-order valence-corrected chi connectivity index (χ3v) is 3.23. The van der Waals surface area contributed by atoms with E-state index in [4.69, 9.17) is 22.6 Å². The van der Waals surface area contributed by atoms with Gasteiger partial charge in [0.1, 0.15) is 0 Å². The van der Waals surface area contributed by atoms with Crippen LogP contribution in [0.3, 0.4) is 0 Å². The third kappa shape index (κ3) is 3.99. The number of hydrogen-bond donors (Lipinski definition) is 1. The molecule has 0 spiro atoms. The minimum Gasteiger partial charge on any atom is -0.326 e. The summed E-state index contributed by atoms with van der Waals surface area (Å²) in [5.41, 5.74) is 7.21. The van der Waals surface area contributed by atoms with Crippen LogP contribution in [0.25, 0.3) is 0 Å². The highest BCUT2D eigenvalue weighted by molar-refractivity contribution is 6.30. The lowest BCUT2D eigenvalue weighted by atomic mass is 9.99. The Morgan fingerprint density at radius 3 is 2.72 bits per heavy atom. The molecule has 18 heavy (non-hydrogen) atoms. The number of likely N-dealkylation sites (N-methyl/N-ethyl adjacent to an activating group) is 1. The number of nitrogens with two attached hydrogens (primary N) is 1. The molecule has 0 aliphatic carbocycles. The summed E-state index contributed by atoms with van der Waals surface area (Å²) in [5, 5.41) is 9.43. The van der Waals surface area contributed by atoms with Crippen molar-refractivity contribution >= 4 is 11.6 Å². The Balaban J connectivity index is 2.97. The lowest BCUT2D eigenvalue weighted by Gasteiger charge is -2.33. The Bertz CT molecular complexity index is 412. The quantitative estimate of drug-likeness (QED) is 0.860. The van der Waals surface area contributed by atoms with Crippen LogP contribution in [-0.4, -0.2) is 24.0 Å². The van der Waals surface area contributed by atoms with Crippen molar-refractivity contribution in [3.63, 3.8) is 0 Å². The molecule has 0 radical (unpaired) electrons. The van der Waals surface area contributed by atoms with Crippen molar-refractivity contribution < 1.29 is 0 Å². The molecule has 1 rings (SSSR count). The third-order valence-electron chi connectivity index (χ3n) is 3.00. The molecule has 0 bridgehead atoms. The van der Waals surface area contributed by atoms with Crippen molar-refractivity contribution in [2.24, 2.45) is 5.73 Å². The maximum absolute atomic E-state index is 8.72. The fraction of sp³-hybridized carbons (Fsp3) is 0.500. The number of rotatable bonds is 6. The molecule has 2 N–H and O–H groups in total. The second-order valence-electron chi connectivity index (χ2n) is 4.40. The van der Waals surface area contributed by atoms with E-state index in [2.05, 4.69) is 17.9 Å². The second-order valence-corrected chi connectivity index (χ2v) is 4.83. The highest BCUT2D eigenvalue weighted by Crippen LogP contribution is 2.25. The lowest BCUT2D eigenvalue weighted by Crippen LogP contribution is -2.40. The van der Waals surface area contributed by atoms with Crippen molar-refractivity contribution in [2.45, 2.75) is 32.4 Å². The van der Waals surface area contributed by atoms with Crippen molar-refractivity contribution in [1.82, 2.24) is 4.90 Å². The summed E-state index contributed by atoms with van der Waals surface area (Å²) in [6, 6.07) is 10.0. The predicted molar refractivity (Wildman–Crippen MR) is 75.3 cm³/mol. The largest absolute Gasteiger partial charge is 0.326 e. The standard InChI is InChI=1S/C14H20ClN3/c1-3-18(9-5-8-16)14(11(2)17)12-6-4-7-13(15)10-12/h4,6-7,10-11,14H,3,5,9,17H2,1-2H3. The van der Waals surface area contributed by atoms with Crippen LogP contribution in [0.4, 0.5) is 0 Å². The predicted octanol–water partition coefficient (Wildman–Crippen LogP) is 2.96. The van der Waals surface area contributed by atoms with E-state index in [0.717, 1.165) is 23.7 Å². The normalized spacial score (nSPS) is 14.2. The van der Waals surface area contributed by atoms with E-state index in [1.807, 2.05) is 31.2 Å². The highest BCUT2D eigenvalue weighted by Gasteiger charge is 2.22. The molecular formula is C14H20ClN3. The van der Waals surface area contributed by atoms with Crippen LogP contribution in [-0.2, 0) is 0 Å². The van der Waals surface area contributed by atoms with E-state index in [9.17, 15) is 0 Å². The number of benzene rings is 1. The Labute approximate surface area is 114 Å². The molecule has 0 aliphatic rings. The summed E-state index contributed by atoms with van der Waals surface area (Å²) in [4.78, 5) is 2.22. The van der Waals surface area contributed by atoms with Gasteiger partial charge in [0.25, 0.3) is 0 Å². The van der Waals surface area contributed by atoms with Crippen LogP contribution in [0.2, 0.25) is 5.02 Å². The monoisotopic (exact) mass is 265 g/mol. The Kier molecular flexibility index (Phi) is 6.14. The van der Waals surface area contributed by atoms with Crippen molar-refractivity contribution in [2.75, 3.05) is 13.1 Å². The van der Waals surface area contributed by atoms with E-state index < -0.39 is 0 Å². The molecule has 0 saturated heterocycles. The summed E-state index contributed by atoms with van der Waals surface area (Å²) in [5.74, 6) is 0. The van der Waals surface area contributed by atoms with Gasteiger partial charge in [-0.2, -0.15) is 5.26 Å². The van der Waals surface area contributed by atoms with E-state index in [1.165, 1.54) is 0 Å². The minimum absolute atomic E-state index is 0.0119. The van der Waals surface area contributed by atoms with Gasteiger partial charge in [0.2, 0.25) is 0 Å². The van der Waals surface area contributed by atoms with Gasteiger partial charge in [0.15, 0.2) is 0 Å². The molecule has 2 unspecified atom stereocenters. The van der Waals surface area contributed by atoms with E-state index >= 15 is 0 Å². The SMILES string of the molecule is CCN(CCC#N)C(c1cccc(Cl)c1)C(C)N. The number of nitrogens with zero attached hydrogens (tertiary/aromatic N) is 2. The van der Waals surface area contributed by atoms with Crippen LogP contribution in [0, 0.1) is 11.3 Å². The van der Waals surface area contributed by atoms with Gasteiger partial charge in [-0.05, 0) is 31.2 Å². The zero-order valence-electron chi connectivity index (χ0n) is 10.9. The van der Waals surface area contributed by atoms with E-state index in [-0.39, 0.29) is 12.1 Å². The van der Waals surface area contributed by atoms with Crippen molar-refractivity contribution in [3.05, 3.63) is 34.9 Å². The number of hydrogen-bond acceptors (Lipinski definition) is 3. The molecule has 0 saturated carbocycles. The number of nitriles is 1. The average Bonchev–Trinajstić information content (AvgIpc) is 2.33. The summed E-state index contributed by atoms with van der Waals surface area (Å²) in [6.07, 6.45) is 0.512. The molecule has 1 aromatic rings. The van der Waals surface area contributed by atoms with Gasteiger partial charge < -0.3 is 5.73 Å². The van der Waals surface area contributed by atoms with Gasteiger partial charge in [0.05, 0.1) is 6.07 Å². The van der Waals surface area contributed by atoms with Gasteiger partial charge in [-0.3, -0.25) is 4.90 Å². The van der Waals surface area contributed by atoms with Gasteiger partial charge in [0, 0.05) is 30.1 Å². The van der Waals surface area contributed by atoms with E-state index in [1.54, 1.807) is 0 Å². The van der Waals surface area contributed by atoms with Crippen LogP contribution >= 0.6 is 11.6 Å². The van der Waals surface area contributed by atoms with Crippen LogP contribution in [0.5, 0.6) is 0 Å². The van der Waals surface area contributed by atoms with E-state index in [0.29, 0.717) is 6.42 Å². The maximum Gasteiger partial charge on any atom is 0.0635 e. The molecule has 0 aromatic heterocycles. The summed E-state index contributed by atoms with van der Waals surface area (Å²) in [7, 11) is 0. The van der Waals surface area contributed by atoms with Gasteiger partial charge >= 0.3 is 0 Å². The van der Waals surface area contributed by atoms with Crippen molar-refractivity contribution in [3.8, 4) is 6.07 Å². The van der Waals surface area contributed by atoms with Crippen LogP contribution in [0.15, 0.2) is 24.3 Å². The fourth-order valence-electron chi connectivity index (χ4n) is 2.22. The zero-order valence-corrected chi connectivity index (χ0v) is 11.7. The first-order valence-electron chi connectivity index (χ1n) is 6.22. The van der Waals surface area contributed by atoms with Gasteiger partial charge in [-0.1, -0.05) is 30.7 Å². The maximum atomic E-state index is 8.72. The topological polar surface area (TPSA) is 53.0 Å². The van der Waals surface area contributed by atoms with Gasteiger partial charge in [-0.15, -0.1) is 0 Å². The summed E-state index contributed by atoms with van der Waals surface area (Å²) >= 11 is 6.03. The molecular weight excluding hydrogens is 246 g/mol. The fourth-order valence-corrected chi connectivity index (χ4v) is 2.42. The lowest BCUT2D eigenvalue weighted by molar-refractivity contribution is 0.189.